The standard InChI is InChI=1S/C23H23N3O2/c27-21-15-18-3-1-2-4-19(18)23(21)10-13-26(14-11-23)22(28)17-7-5-16(6-8-17)20-9-12-24-25-20/h1-9,12,21,27H,10-11,13-15H2,(H,24,25)/t21-/m1/s1. The number of aromatic nitrogens is 2. The van der Waals surface area contributed by atoms with E-state index in [4.69, 9.17) is 0 Å². The van der Waals surface area contributed by atoms with Gasteiger partial charge in [-0.05, 0) is 54.2 Å². The third-order valence-electron chi connectivity index (χ3n) is 6.49. The molecule has 142 valence electrons. The molecule has 1 fully saturated rings. The molecule has 0 radical (unpaired) electrons. The molecule has 0 unspecified atom stereocenters. The SMILES string of the molecule is O=C(c1ccc(-c2ccn[nH]2)cc1)N1CCC2(CC1)c1ccccc1C[C@H]2O. The molecule has 2 heterocycles. The van der Waals surface area contributed by atoms with Gasteiger partial charge >= 0.3 is 0 Å². The Morgan fingerprint density at radius 3 is 2.54 bits per heavy atom. The third kappa shape index (κ3) is 2.66. The Hall–Kier alpha value is -2.92. The van der Waals surface area contributed by atoms with Crippen molar-refractivity contribution in [3.05, 3.63) is 77.5 Å². The number of aliphatic hydroxyl groups is 1. The maximum atomic E-state index is 13.0. The quantitative estimate of drug-likeness (QED) is 0.725. The monoisotopic (exact) mass is 373 g/mol. The lowest BCUT2D eigenvalue weighted by Gasteiger charge is -2.42. The molecule has 1 saturated heterocycles. The van der Waals surface area contributed by atoms with Crippen LogP contribution in [0.15, 0.2) is 60.8 Å². The smallest absolute Gasteiger partial charge is 0.253 e. The van der Waals surface area contributed by atoms with Crippen LogP contribution < -0.4 is 0 Å². The van der Waals surface area contributed by atoms with Gasteiger partial charge in [0.1, 0.15) is 0 Å². The topological polar surface area (TPSA) is 69.2 Å². The second kappa shape index (κ2) is 6.60. The van der Waals surface area contributed by atoms with E-state index in [1.807, 2.05) is 41.3 Å². The van der Waals surface area contributed by atoms with E-state index in [9.17, 15) is 9.90 Å². The summed E-state index contributed by atoms with van der Waals surface area (Å²) in [6.07, 6.45) is 3.70. The van der Waals surface area contributed by atoms with Crippen molar-refractivity contribution < 1.29 is 9.90 Å². The molecule has 0 bridgehead atoms. The Labute approximate surface area is 164 Å². The number of piperidine rings is 1. The number of H-pyrrole nitrogens is 1. The normalized spacial score (nSPS) is 20.3. The summed E-state index contributed by atoms with van der Waals surface area (Å²) in [6, 6.07) is 17.9. The highest BCUT2D eigenvalue weighted by Crippen LogP contribution is 2.46. The Morgan fingerprint density at radius 1 is 1.07 bits per heavy atom. The number of nitrogens with zero attached hydrogens (tertiary/aromatic N) is 2. The number of aromatic amines is 1. The Balaban J connectivity index is 1.31. The van der Waals surface area contributed by atoms with Crippen molar-refractivity contribution >= 4 is 5.91 Å². The Morgan fingerprint density at radius 2 is 1.82 bits per heavy atom. The van der Waals surface area contributed by atoms with Crippen molar-refractivity contribution in [3.63, 3.8) is 0 Å². The lowest BCUT2D eigenvalue weighted by atomic mass is 9.72. The molecule has 2 aliphatic rings. The number of benzene rings is 2. The number of nitrogens with one attached hydrogen (secondary N) is 1. The maximum absolute atomic E-state index is 13.0. The van der Waals surface area contributed by atoms with Crippen LogP contribution in [0.1, 0.15) is 34.3 Å². The summed E-state index contributed by atoms with van der Waals surface area (Å²) in [6.45, 7) is 1.35. The molecule has 3 aromatic rings. The minimum Gasteiger partial charge on any atom is -0.392 e. The van der Waals surface area contributed by atoms with Crippen molar-refractivity contribution in [1.29, 1.82) is 0 Å². The summed E-state index contributed by atoms with van der Waals surface area (Å²) in [4.78, 5) is 14.9. The number of hydrogen-bond acceptors (Lipinski definition) is 3. The van der Waals surface area contributed by atoms with Gasteiger partial charge in [0, 0.05) is 30.3 Å². The molecular weight excluding hydrogens is 350 g/mol. The van der Waals surface area contributed by atoms with Gasteiger partial charge in [-0.1, -0.05) is 36.4 Å². The number of hydrogen-bond donors (Lipinski definition) is 2. The zero-order chi connectivity index (χ0) is 19.1. The van der Waals surface area contributed by atoms with Gasteiger partial charge in [-0.3, -0.25) is 9.89 Å². The summed E-state index contributed by atoms with van der Waals surface area (Å²) in [5, 5.41) is 17.7. The molecule has 5 heteroatoms. The summed E-state index contributed by atoms with van der Waals surface area (Å²) >= 11 is 0. The first-order chi connectivity index (χ1) is 13.7. The van der Waals surface area contributed by atoms with Crippen LogP contribution in [0.3, 0.4) is 0 Å². The van der Waals surface area contributed by atoms with E-state index in [0.29, 0.717) is 18.7 Å². The second-order valence-corrected chi connectivity index (χ2v) is 7.87. The second-order valence-electron chi connectivity index (χ2n) is 7.87. The molecule has 1 spiro atoms. The van der Waals surface area contributed by atoms with Crippen LogP contribution in [0.25, 0.3) is 11.3 Å². The van der Waals surface area contributed by atoms with E-state index >= 15 is 0 Å². The molecule has 5 rings (SSSR count). The van der Waals surface area contributed by atoms with Gasteiger partial charge < -0.3 is 10.0 Å². The van der Waals surface area contributed by atoms with Crippen LogP contribution in [0.4, 0.5) is 0 Å². The van der Waals surface area contributed by atoms with E-state index in [1.165, 1.54) is 11.1 Å². The van der Waals surface area contributed by atoms with Gasteiger partial charge in [-0.15, -0.1) is 0 Å². The zero-order valence-electron chi connectivity index (χ0n) is 15.6. The van der Waals surface area contributed by atoms with Crippen molar-refractivity contribution in [3.8, 4) is 11.3 Å². The highest BCUT2D eigenvalue weighted by Gasteiger charge is 2.48. The van der Waals surface area contributed by atoms with Crippen LogP contribution in [0.2, 0.25) is 0 Å². The third-order valence-corrected chi connectivity index (χ3v) is 6.49. The fraction of sp³-hybridized carbons (Fsp3) is 0.304. The van der Waals surface area contributed by atoms with E-state index in [-0.39, 0.29) is 17.4 Å². The van der Waals surface area contributed by atoms with Crippen molar-refractivity contribution in [1.82, 2.24) is 15.1 Å². The maximum Gasteiger partial charge on any atom is 0.253 e. The molecule has 1 amide bonds. The van der Waals surface area contributed by atoms with Crippen molar-refractivity contribution in [2.45, 2.75) is 30.8 Å². The lowest BCUT2D eigenvalue weighted by Crippen LogP contribution is -2.49. The van der Waals surface area contributed by atoms with Gasteiger partial charge in [0.15, 0.2) is 0 Å². The molecule has 5 nitrogen and oxygen atoms in total. The van der Waals surface area contributed by atoms with E-state index in [0.717, 1.165) is 30.5 Å². The predicted molar refractivity (Wildman–Crippen MR) is 107 cm³/mol. The summed E-state index contributed by atoms with van der Waals surface area (Å²) in [7, 11) is 0. The molecule has 1 aromatic heterocycles. The van der Waals surface area contributed by atoms with E-state index < -0.39 is 0 Å². The van der Waals surface area contributed by atoms with Crippen LogP contribution >= 0.6 is 0 Å². The molecule has 2 aromatic carbocycles. The van der Waals surface area contributed by atoms with Gasteiger partial charge in [-0.25, -0.2) is 0 Å². The van der Waals surface area contributed by atoms with E-state index in [2.05, 4.69) is 28.4 Å². The minimum atomic E-state index is -0.351. The number of aliphatic hydroxyl groups excluding tert-OH is 1. The molecule has 2 N–H and O–H groups in total. The number of carbonyl (C=O) groups excluding carboxylic acids is 1. The highest BCUT2D eigenvalue weighted by atomic mass is 16.3. The summed E-state index contributed by atoms with van der Waals surface area (Å²) in [5.74, 6) is 0.0618. The molecule has 0 saturated carbocycles. The zero-order valence-corrected chi connectivity index (χ0v) is 15.6. The number of likely N-dealkylation sites (tertiary alicyclic amines) is 1. The molecule has 1 aliphatic carbocycles. The first kappa shape index (κ1) is 17.2. The largest absolute Gasteiger partial charge is 0.392 e. The molecule has 1 aliphatic heterocycles. The fourth-order valence-electron chi connectivity index (χ4n) is 4.87. The van der Waals surface area contributed by atoms with Crippen LogP contribution in [0, 0.1) is 0 Å². The number of amides is 1. The minimum absolute atomic E-state index is 0.0618. The average molecular weight is 373 g/mol. The lowest BCUT2D eigenvalue weighted by molar-refractivity contribution is 0.0365. The van der Waals surface area contributed by atoms with Crippen molar-refractivity contribution in [2.24, 2.45) is 0 Å². The van der Waals surface area contributed by atoms with E-state index in [1.54, 1.807) is 6.20 Å². The molecule has 1 atom stereocenters. The molecule has 28 heavy (non-hydrogen) atoms. The van der Waals surface area contributed by atoms with Gasteiger partial charge in [0.2, 0.25) is 0 Å². The highest BCUT2D eigenvalue weighted by molar-refractivity contribution is 5.94. The van der Waals surface area contributed by atoms with Crippen LogP contribution in [-0.2, 0) is 11.8 Å². The van der Waals surface area contributed by atoms with Crippen LogP contribution in [0.5, 0.6) is 0 Å². The van der Waals surface area contributed by atoms with Gasteiger partial charge in [0.25, 0.3) is 5.91 Å². The Kier molecular flexibility index (Phi) is 4.05. The first-order valence-electron chi connectivity index (χ1n) is 9.83. The fourth-order valence-corrected chi connectivity index (χ4v) is 4.87. The van der Waals surface area contributed by atoms with Gasteiger partial charge in [-0.2, -0.15) is 5.10 Å². The predicted octanol–water partition coefficient (Wildman–Crippen LogP) is 3.17. The number of carbonyl (C=O) groups is 1. The number of rotatable bonds is 2. The number of fused-ring (bicyclic) bond motifs is 2. The average Bonchev–Trinajstić information content (AvgIpc) is 3.36. The summed E-state index contributed by atoms with van der Waals surface area (Å²) in [5.41, 5.74) is 4.98. The summed E-state index contributed by atoms with van der Waals surface area (Å²) < 4.78 is 0. The van der Waals surface area contributed by atoms with Crippen LogP contribution in [-0.4, -0.2) is 45.3 Å². The first-order valence-corrected chi connectivity index (χ1v) is 9.83. The van der Waals surface area contributed by atoms with Gasteiger partial charge in [0.05, 0.1) is 11.8 Å². The molecular formula is C23H23N3O2. The Bertz CT molecular complexity index is 987. The van der Waals surface area contributed by atoms with Crippen molar-refractivity contribution in [2.75, 3.05) is 13.1 Å².